The lowest BCUT2D eigenvalue weighted by atomic mass is 9.98. The molecule has 2 atom stereocenters. The first kappa shape index (κ1) is 28.1. The van der Waals surface area contributed by atoms with Crippen molar-refractivity contribution < 1.29 is 36.2 Å². The molecular weight excluding hydrogens is 498 g/mol. The molecule has 4 nitrogen and oxygen atoms in total. The summed E-state index contributed by atoms with van der Waals surface area (Å²) in [5.41, 5.74) is -1.14. The van der Waals surface area contributed by atoms with Crippen LogP contribution in [0.4, 0.5) is 26.3 Å². The van der Waals surface area contributed by atoms with E-state index in [-0.39, 0.29) is 27.4 Å². The van der Waals surface area contributed by atoms with Crippen LogP contribution in [-0.4, -0.2) is 34.4 Å². The molecule has 1 unspecified atom stereocenters. The number of aliphatic hydroxyl groups excluding tert-OH is 1. The number of hydrogen-bond acceptors (Lipinski definition) is 3. The van der Waals surface area contributed by atoms with Crippen LogP contribution in [0.3, 0.4) is 0 Å². The number of nitrogens with zero attached hydrogens (tertiary/aromatic N) is 1. The van der Waals surface area contributed by atoms with Crippen LogP contribution in [-0.2, 0) is 0 Å². The Morgan fingerprint density at radius 3 is 2.31 bits per heavy atom. The molecule has 0 spiro atoms. The summed E-state index contributed by atoms with van der Waals surface area (Å²) >= 11 is 5.80. The van der Waals surface area contributed by atoms with Crippen LogP contribution in [0, 0.1) is 0 Å². The Kier molecular flexibility index (Phi) is 8.91. The molecule has 188 valence electrons. The van der Waals surface area contributed by atoms with Gasteiger partial charge in [-0.05, 0) is 55.3 Å². The lowest BCUT2D eigenvalue weighted by Crippen LogP contribution is -2.33. The molecule has 0 saturated heterocycles. The van der Waals surface area contributed by atoms with E-state index in [0.717, 1.165) is 31.2 Å². The predicted octanol–water partition coefficient (Wildman–Crippen LogP) is 6.74. The average Bonchev–Trinajstić information content (AvgIpc) is 2.77. The van der Waals surface area contributed by atoms with Gasteiger partial charge >= 0.3 is 12.4 Å². The molecule has 0 saturated carbocycles. The van der Waals surface area contributed by atoms with E-state index >= 15 is 0 Å². The number of carbonyl (C=O) groups is 1. The smallest absolute Gasteiger partial charge is 0.379 e. The highest BCUT2D eigenvalue weighted by atomic mass is 35.5. The van der Waals surface area contributed by atoms with Gasteiger partial charge in [0.25, 0.3) is 5.91 Å². The van der Waals surface area contributed by atoms with E-state index in [1.165, 1.54) is 37.4 Å². The summed E-state index contributed by atoms with van der Waals surface area (Å²) in [6.45, 7) is 5.87. The maximum atomic E-state index is 13.2. The predicted molar refractivity (Wildman–Crippen MR) is 121 cm³/mol. The van der Waals surface area contributed by atoms with Crippen molar-refractivity contribution in [2.45, 2.75) is 38.3 Å². The molecular formula is C24H21ClF6N2O2. The molecule has 35 heavy (non-hydrogen) atoms. The number of rotatable bonds is 7. The van der Waals surface area contributed by atoms with Crippen molar-refractivity contribution in [3.63, 3.8) is 0 Å². The highest BCUT2D eigenvalue weighted by molar-refractivity contribution is 6.30. The van der Waals surface area contributed by atoms with Crippen molar-refractivity contribution in [2.24, 2.45) is 0 Å². The van der Waals surface area contributed by atoms with Crippen molar-refractivity contribution in [1.82, 2.24) is 10.3 Å². The molecule has 2 aromatic rings. The number of aliphatic hydroxyl groups is 1. The average molecular weight is 519 g/mol. The normalized spacial score (nSPS) is 14.9. The Bertz CT molecular complexity index is 1140. The number of amides is 1. The maximum absolute atomic E-state index is 13.2. The largest absolute Gasteiger partial charge is 0.418 e. The van der Waals surface area contributed by atoms with Gasteiger partial charge in [0.15, 0.2) is 6.10 Å². The molecule has 0 aliphatic heterocycles. The molecule has 2 N–H and O–H groups in total. The van der Waals surface area contributed by atoms with E-state index in [4.69, 9.17) is 11.6 Å². The third kappa shape index (κ3) is 7.69. The van der Waals surface area contributed by atoms with Crippen LogP contribution in [0.1, 0.15) is 35.9 Å². The van der Waals surface area contributed by atoms with Gasteiger partial charge in [-0.3, -0.25) is 9.78 Å². The number of carbonyl (C=O) groups excluding carboxylic acids is 1. The van der Waals surface area contributed by atoms with E-state index < -0.39 is 41.5 Å². The molecule has 0 aliphatic carbocycles. The van der Waals surface area contributed by atoms with Gasteiger partial charge in [0.1, 0.15) is 0 Å². The summed E-state index contributed by atoms with van der Waals surface area (Å²) in [6.07, 6.45) is -7.91. The number of nitrogens with one attached hydrogen (secondary N) is 1. The number of halogens is 7. The minimum Gasteiger partial charge on any atom is -0.379 e. The van der Waals surface area contributed by atoms with E-state index in [2.05, 4.69) is 16.9 Å². The number of hydrogen-bond donors (Lipinski definition) is 2. The highest BCUT2D eigenvalue weighted by Crippen LogP contribution is 2.35. The van der Waals surface area contributed by atoms with Crippen LogP contribution in [0.15, 0.2) is 72.5 Å². The Labute approximate surface area is 202 Å². The van der Waals surface area contributed by atoms with Crippen molar-refractivity contribution in [1.29, 1.82) is 0 Å². The first-order valence-electron chi connectivity index (χ1n) is 10.0. The second-order valence-electron chi connectivity index (χ2n) is 7.56. The van der Waals surface area contributed by atoms with Crippen molar-refractivity contribution in [3.8, 4) is 11.3 Å². The number of benzene rings is 1. The molecule has 1 amide bonds. The van der Waals surface area contributed by atoms with Gasteiger partial charge in [0, 0.05) is 22.9 Å². The monoisotopic (exact) mass is 518 g/mol. The zero-order chi connectivity index (χ0) is 26.6. The number of aromatic nitrogens is 1. The van der Waals surface area contributed by atoms with Crippen LogP contribution in [0.5, 0.6) is 0 Å². The fourth-order valence-corrected chi connectivity index (χ4v) is 3.00. The third-order valence-corrected chi connectivity index (χ3v) is 5.15. The lowest BCUT2D eigenvalue weighted by molar-refractivity contribution is -0.206. The van der Waals surface area contributed by atoms with Gasteiger partial charge in [0.2, 0.25) is 0 Å². The first-order chi connectivity index (χ1) is 16.1. The number of allylic oxidation sites excluding steroid dienone is 3. The molecule has 11 heteroatoms. The molecule has 0 fully saturated rings. The Hall–Kier alpha value is -3.11. The molecule has 0 aliphatic rings. The maximum Gasteiger partial charge on any atom is 0.418 e. The third-order valence-electron chi connectivity index (χ3n) is 4.92. The van der Waals surface area contributed by atoms with Gasteiger partial charge in [-0.15, -0.1) is 0 Å². The zero-order valence-electron chi connectivity index (χ0n) is 18.5. The molecule has 1 aromatic heterocycles. The molecule has 0 bridgehead atoms. The summed E-state index contributed by atoms with van der Waals surface area (Å²) < 4.78 is 77.6. The standard InChI is InChI=1S/C24H21ClF6N2O2/c1-4-15(6-5-13(2)23(26,27)28)14(3)33-22(35)18-10-16(20-8-7-19(25)12-32-20)9-17(11-18)21(34)24(29,30)31/h4-12,14,21,34H,1H2,2-3H3,(H,33,35)/b13-5+,15-6+/t14-,21?/m1/s1. The summed E-state index contributed by atoms with van der Waals surface area (Å²) in [5, 5.41) is 12.5. The molecule has 1 aromatic carbocycles. The fourth-order valence-electron chi connectivity index (χ4n) is 2.89. The highest BCUT2D eigenvalue weighted by Gasteiger charge is 2.40. The minimum atomic E-state index is -4.99. The molecule has 0 radical (unpaired) electrons. The van der Waals surface area contributed by atoms with E-state index in [9.17, 15) is 36.2 Å². The van der Waals surface area contributed by atoms with Gasteiger partial charge in [-0.25, -0.2) is 0 Å². The van der Waals surface area contributed by atoms with Gasteiger partial charge in [-0.1, -0.05) is 36.4 Å². The summed E-state index contributed by atoms with van der Waals surface area (Å²) in [6, 6.07) is 5.25. The second kappa shape index (κ2) is 11.1. The van der Waals surface area contributed by atoms with Crippen LogP contribution in [0.2, 0.25) is 5.02 Å². The fraction of sp³-hybridized carbons (Fsp3) is 0.250. The Morgan fingerprint density at radius 1 is 1.14 bits per heavy atom. The Balaban J connectivity index is 2.43. The summed E-state index contributed by atoms with van der Waals surface area (Å²) in [5.74, 6) is -0.826. The summed E-state index contributed by atoms with van der Waals surface area (Å²) in [4.78, 5) is 16.9. The second-order valence-corrected chi connectivity index (χ2v) is 8.00. The van der Waals surface area contributed by atoms with E-state index in [1.807, 2.05) is 0 Å². The SMILES string of the molecule is C=C/C(=C\C=C(/C)C(F)(F)F)[C@@H](C)NC(=O)c1cc(-c2ccc(Cl)cn2)cc(C(O)C(F)(F)F)c1. The van der Waals surface area contributed by atoms with Gasteiger partial charge in [-0.2, -0.15) is 26.3 Å². The number of pyridine rings is 1. The first-order valence-corrected chi connectivity index (χ1v) is 10.4. The van der Waals surface area contributed by atoms with Gasteiger partial charge < -0.3 is 10.4 Å². The van der Waals surface area contributed by atoms with Crippen LogP contribution < -0.4 is 5.32 Å². The van der Waals surface area contributed by atoms with Crippen molar-refractivity contribution in [2.75, 3.05) is 0 Å². The quantitative estimate of drug-likeness (QED) is 0.315. The van der Waals surface area contributed by atoms with Crippen molar-refractivity contribution in [3.05, 3.63) is 88.6 Å². The molecule has 2 rings (SSSR count). The summed E-state index contributed by atoms with van der Waals surface area (Å²) in [7, 11) is 0. The lowest BCUT2D eigenvalue weighted by Gasteiger charge is -2.19. The van der Waals surface area contributed by atoms with Crippen LogP contribution in [0.25, 0.3) is 11.3 Å². The van der Waals surface area contributed by atoms with E-state index in [1.54, 1.807) is 0 Å². The molecule has 1 heterocycles. The zero-order valence-corrected chi connectivity index (χ0v) is 19.3. The van der Waals surface area contributed by atoms with Crippen molar-refractivity contribution >= 4 is 17.5 Å². The van der Waals surface area contributed by atoms with Crippen LogP contribution >= 0.6 is 11.6 Å². The number of alkyl halides is 6. The topological polar surface area (TPSA) is 62.2 Å². The van der Waals surface area contributed by atoms with E-state index in [0.29, 0.717) is 0 Å². The van der Waals surface area contributed by atoms with Gasteiger partial charge in [0.05, 0.1) is 16.8 Å². The minimum absolute atomic E-state index is 0.114. The Morgan fingerprint density at radius 2 is 1.80 bits per heavy atom.